The van der Waals surface area contributed by atoms with Gasteiger partial charge in [-0.15, -0.1) is 11.8 Å². The Bertz CT molecular complexity index is 447. The van der Waals surface area contributed by atoms with Gasteiger partial charge in [0.05, 0.1) is 10.6 Å². The highest BCUT2D eigenvalue weighted by Gasteiger charge is 2.17. The van der Waals surface area contributed by atoms with Gasteiger partial charge in [-0.25, -0.2) is 9.78 Å². The third-order valence-electron chi connectivity index (χ3n) is 3.29. The number of carboxylic acid groups (broad SMARTS) is 1. The van der Waals surface area contributed by atoms with Gasteiger partial charge in [-0.05, 0) is 37.1 Å². The van der Waals surface area contributed by atoms with Crippen LogP contribution in [0.2, 0.25) is 0 Å². The topological polar surface area (TPSA) is 50.2 Å². The first-order valence-electron chi connectivity index (χ1n) is 6.16. The smallest absolute Gasteiger partial charge is 0.336 e. The molecule has 18 heavy (non-hydrogen) atoms. The molecule has 1 aromatic rings. The van der Waals surface area contributed by atoms with E-state index in [1.54, 1.807) is 18.0 Å². The van der Waals surface area contributed by atoms with Crippen LogP contribution in [0.15, 0.2) is 29.4 Å². The van der Waals surface area contributed by atoms with E-state index in [1.807, 2.05) is 24.5 Å². The summed E-state index contributed by atoms with van der Waals surface area (Å²) in [5, 5.41) is 10.2. The average Bonchev–Trinajstić information content (AvgIpc) is 2.89. The Kier molecular flexibility index (Phi) is 4.42. The lowest BCUT2D eigenvalue weighted by atomic mass is 10.00. The molecule has 0 aliphatic heterocycles. The second-order valence-electron chi connectivity index (χ2n) is 4.52. The normalized spacial score (nSPS) is 17.1. The van der Waals surface area contributed by atoms with E-state index in [1.165, 1.54) is 12.8 Å². The van der Waals surface area contributed by atoms with Crippen LogP contribution < -0.4 is 0 Å². The highest BCUT2D eigenvalue weighted by molar-refractivity contribution is 7.98. The molecule has 0 saturated heterocycles. The number of aromatic nitrogens is 1. The fourth-order valence-corrected chi connectivity index (χ4v) is 2.67. The van der Waals surface area contributed by atoms with Gasteiger partial charge < -0.3 is 5.11 Å². The zero-order valence-electron chi connectivity index (χ0n) is 10.4. The summed E-state index contributed by atoms with van der Waals surface area (Å²) in [5.41, 5.74) is 1.09. The van der Waals surface area contributed by atoms with Gasteiger partial charge in [0.1, 0.15) is 0 Å². The first kappa shape index (κ1) is 13.1. The summed E-state index contributed by atoms with van der Waals surface area (Å²) in [6.07, 6.45) is 10.1. The minimum absolute atomic E-state index is 0.391. The van der Waals surface area contributed by atoms with Gasteiger partial charge in [-0.2, -0.15) is 0 Å². The van der Waals surface area contributed by atoms with Crippen LogP contribution in [-0.2, 0) is 4.79 Å². The Morgan fingerprint density at radius 3 is 2.67 bits per heavy atom. The number of rotatable bonds is 4. The molecule has 1 N–H and O–H groups in total. The Morgan fingerprint density at radius 2 is 2.17 bits per heavy atom. The van der Waals surface area contributed by atoms with E-state index in [4.69, 9.17) is 0 Å². The van der Waals surface area contributed by atoms with Crippen LogP contribution in [0.5, 0.6) is 0 Å². The van der Waals surface area contributed by atoms with E-state index >= 15 is 0 Å². The molecule has 0 unspecified atom stereocenters. The number of hydrogen-bond donors (Lipinski definition) is 1. The second-order valence-corrected chi connectivity index (χ2v) is 5.35. The quantitative estimate of drug-likeness (QED) is 0.667. The maximum atomic E-state index is 11.3. The van der Waals surface area contributed by atoms with E-state index in [0.29, 0.717) is 17.1 Å². The molecule has 1 aromatic heterocycles. The van der Waals surface area contributed by atoms with Crippen molar-refractivity contribution in [1.29, 1.82) is 0 Å². The predicted molar refractivity (Wildman–Crippen MR) is 73.6 cm³/mol. The molecule has 3 nitrogen and oxygen atoms in total. The lowest BCUT2D eigenvalue weighted by Gasteiger charge is -2.07. The number of allylic oxidation sites excluding steroid dienone is 1. The Morgan fingerprint density at radius 1 is 1.44 bits per heavy atom. The van der Waals surface area contributed by atoms with E-state index in [-0.39, 0.29) is 0 Å². The van der Waals surface area contributed by atoms with Crippen molar-refractivity contribution < 1.29 is 9.90 Å². The summed E-state index contributed by atoms with van der Waals surface area (Å²) in [6, 6.07) is 3.71. The highest BCUT2D eigenvalue weighted by Crippen LogP contribution is 2.29. The number of pyridine rings is 1. The molecule has 1 saturated carbocycles. The highest BCUT2D eigenvalue weighted by atomic mass is 32.2. The first-order valence-corrected chi connectivity index (χ1v) is 7.38. The third-order valence-corrected chi connectivity index (χ3v) is 3.95. The van der Waals surface area contributed by atoms with Crippen LogP contribution >= 0.6 is 11.8 Å². The first-order chi connectivity index (χ1) is 8.70. The van der Waals surface area contributed by atoms with Crippen molar-refractivity contribution in [2.24, 2.45) is 5.92 Å². The molecule has 0 radical (unpaired) electrons. The number of carbonyl (C=O) groups is 1. The molecule has 0 spiro atoms. The Hall–Kier alpha value is -1.29. The maximum absolute atomic E-state index is 11.3. The lowest BCUT2D eigenvalue weighted by Crippen LogP contribution is -2.03. The summed E-state index contributed by atoms with van der Waals surface area (Å²) in [7, 11) is 0. The molecule has 1 aliphatic rings. The summed E-state index contributed by atoms with van der Waals surface area (Å²) in [5.74, 6) is -0.447. The van der Waals surface area contributed by atoms with Crippen molar-refractivity contribution in [2.45, 2.75) is 30.7 Å². The molecule has 0 atom stereocenters. The number of aliphatic carboxylic acids is 1. The summed E-state index contributed by atoms with van der Waals surface area (Å²) in [6.45, 7) is 0. The number of hydrogen-bond acceptors (Lipinski definition) is 3. The molecular formula is C14H17NO2S. The molecule has 0 amide bonds. The minimum atomic E-state index is -0.861. The van der Waals surface area contributed by atoms with Gasteiger partial charge >= 0.3 is 5.97 Å². The maximum Gasteiger partial charge on any atom is 0.336 e. The summed E-state index contributed by atoms with van der Waals surface area (Å²) in [4.78, 5) is 15.6. The van der Waals surface area contributed by atoms with E-state index in [2.05, 4.69) is 4.98 Å². The van der Waals surface area contributed by atoms with Gasteiger partial charge in [0.15, 0.2) is 0 Å². The zero-order chi connectivity index (χ0) is 13.0. The largest absolute Gasteiger partial charge is 0.478 e. The van der Waals surface area contributed by atoms with Crippen molar-refractivity contribution in [3.63, 3.8) is 0 Å². The predicted octanol–water partition coefficient (Wildman–Crippen LogP) is 3.46. The molecular weight excluding hydrogens is 246 g/mol. The Balaban J connectivity index is 2.25. The molecule has 96 valence electrons. The fourth-order valence-electron chi connectivity index (χ4n) is 2.31. The summed E-state index contributed by atoms with van der Waals surface area (Å²) < 4.78 is 0. The molecule has 1 heterocycles. The van der Waals surface area contributed by atoms with E-state index in [9.17, 15) is 9.90 Å². The van der Waals surface area contributed by atoms with Crippen molar-refractivity contribution in [3.05, 3.63) is 30.0 Å². The van der Waals surface area contributed by atoms with Crippen LogP contribution in [0, 0.1) is 5.92 Å². The minimum Gasteiger partial charge on any atom is -0.478 e. The molecule has 2 rings (SSSR count). The lowest BCUT2D eigenvalue weighted by molar-refractivity contribution is -0.130. The monoisotopic (exact) mass is 263 g/mol. The van der Waals surface area contributed by atoms with Gasteiger partial charge in [0.25, 0.3) is 0 Å². The SMILES string of the molecule is CSc1ccc(C(=CC2CCCC2)C(=O)O)cn1. The van der Waals surface area contributed by atoms with Crippen molar-refractivity contribution in [1.82, 2.24) is 4.98 Å². The Labute approximate surface area is 111 Å². The van der Waals surface area contributed by atoms with Crippen LogP contribution in [-0.4, -0.2) is 22.3 Å². The number of thioether (sulfide) groups is 1. The molecule has 1 aliphatic carbocycles. The van der Waals surface area contributed by atoms with Crippen molar-refractivity contribution in [3.8, 4) is 0 Å². The number of nitrogens with zero attached hydrogens (tertiary/aromatic N) is 1. The van der Waals surface area contributed by atoms with Gasteiger partial charge in [0.2, 0.25) is 0 Å². The van der Waals surface area contributed by atoms with E-state index < -0.39 is 5.97 Å². The van der Waals surface area contributed by atoms with Gasteiger partial charge in [0, 0.05) is 11.8 Å². The van der Waals surface area contributed by atoms with E-state index in [0.717, 1.165) is 17.9 Å². The zero-order valence-corrected chi connectivity index (χ0v) is 11.2. The molecule has 0 aromatic carbocycles. The van der Waals surface area contributed by atoms with Crippen molar-refractivity contribution >= 4 is 23.3 Å². The van der Waals surface area contributed by atoms with Crippen molar-refractivity contribution in [2.75, 3.05) is 6.26 Å². The second kappa shape index (κ2) is 6.05. The standard InChI is InChI=1S/C14H17NO2S/c1-18-13-7-6-11(9-15-13)12(14(16)17)8-10-4-2-3-5-10/h6-10H,2-5H2,1H3,(H,16,17). The molecule has 1 fully saturated rings. The summed E-state index contributed by atoms with van der Waals surface area (Å²) >= 11 is 1.55. The van der Waals surface area contributed by atoms with Gasteiger partial charge in [-0.3, -0.25) is 0 Å². The van der Waals surface area contributed by atoms with Crippen LogP contribution in [0.1, 0.15) is 31.2 Å². The van der Waals surface area contributed by atoms with Crippen LogP contribution in [0.4, 0.5) is 0 Å². The van der Waals surface area contributed by atoms with Crippen LogP contribution in [0.3, 0.4) is 0 Å². The fraction of sp³-hybridized carbons (Fsp3) is 0.429. The molecule has 0 bridgehead atoms. The van der Waals surface area contributed by atoms with Gasteiger partial charge in [-0.1, -0.05) is 18.9 Å². The van der Waals surface area contributed by atoms with Crippen LogP contribution in [0.25, 0.3) is 5.57 Å². The third kappa shape index (κ3) is 3.13. The number of carboxylic acids is 1. The average molecular weight is 263 g/mol. The molecule has 4 heteroatoms.